The molecule has 0 radical (unpaired) electrons. The number of rotatable bonds is 6. The third kappa shape index (κ3) is 3.79. The smallest absolute Gasteiger partial charge is 0.123 e. The van der Waals surface area contributed by atoms with E-state index in [0.717, 1.165) is 44.4 Å². The summed E-state index contributed by atoms with van der Waals surface area (Å²) in [5, 5.41) is 3.53. The molecule has 3 heteroatoms. The van der Waals surface area contributed by atoms with Gasteiger partial charge in [-0.1, -0.05) is 19.1 Å². The minimum Gasteiger partial charge on any atom is -0.378 e. The molecule has 1 aliphatic heterocycles. The van der Waals surface area contributed by atoms with E-state index in [1.807, 2.05) is 12.1 Å². The van der Waals surface area contributed by atoms with E-state index in [-0.39, 0.29) is 11.9 Å². The molecule has 2 atom stereocenters. The first-order valence-electron chi connectivity index (χ1n) is 6.90. The highest BCUT2D eigenvalue weighted by Gasteiger charge is 2.21. The van der Waals surface area contributed by atoms with Gasteiger partial charge in [0, 0.05) is 12.6 Å². The summed E-state index contributed by atoms with van der Waals surface area (Å²) < 4.78 is 18.7. The molecule has 2 unspecified atom stereocenters. The highest BCUT2D eigenvalue weighted by molar-refractivity contribution is 5.20. The van der Waals surface area contributed by atoms with Crippen molar-refractivity contribution in [2.75, 3.05) is 13.2 Å². The monoisotopic (exact) mass is 251 g/mol. The lowest BCUT2D eigenvalue weighted by Crippen LogP contribution is -2.26. The summed E-state index contributed by atoms with van der Waals surface area (Å²) in [6.45, 7) is 4.02. The fourth-order valence-electron chi connectivity index (χ4n) is 2.44. The van der Waals surface area contributed by atoms with Gasteiger partial charge in [-0.3, -0.25) is 0 Å². The van der Waals surface area contributed by atoms with Gasteiger partial charge < -0.3 is 10.1 Å². The van der Waals surface area contributed by atoms with Crippen LogP contribution in [0.5, 0.6) is 0 Å². The van der Waals surface area contributed by atoms with Crippen molar-refractivity contribution in [1.82, 2.24) is 5.32 Å². The standard InChI is InChI=1S/C15H22FNO/c1-2-9-17-15(11-14-4-3-10-18-14)12-5-7-13(16)8-6-12/h5-8,14-15,17H,2-4,9-11H2,1H3. The first-order chi connectivity index (χ1) is 8.79. The van der Waals surface area contributed by atoms with Crippen molar-refractivity contribution in [2.45, 2.75) is 44.8 Å². The van der Waals surface area contributed by atoms with Gasteiger partial charge in [-0.2, -0.15) is 0 Å². The average Bonchev–Trinajstić information content (AvgIpc) is 2.88. The average molecular weight is 251 g/mol. The molecule has 18 heavy (non-hydrogen) atoms. The molecular formula is C15H22FNO. The maximum atomic E-state index is 13.0. The normalized spacial score (nSPS) is 21.1. The van der Waals surface area contributed by atoms with Crippen molar-refractivity contribution in [3.63, 3.8) is 0 Å². The zero-order valence-corrected chi connectivity index (χ0v) is 11.0. The summed E-state index contributed by atoms with van der Waals surface area (Å²) in [4.78, 5) is 0. The molecular weight excluding hydrogens is 229 g/mol. The number of ether oxygens (including phenoxy) is 1. The molecule has 1 fully saturated rings. The van der Waals surface area contributed by atoms with Crippen LogP contribution in [0.3, 0.4) is 0 Å². The third-order valence-corrected chi connectivity index (χ3v) is 3.44. The SMILES string of the molecule is CCCNC(CC1CCCO1)c1ccc(F)cc1. The summed E-state index contributed by atoms with van der Waals surface area (Å²) in [6, 6.07) is 7.08. The molecule has 0 aliphatic carbocycles. The van der Waals surface area contributed by atoms with Crippen LogP contribution in [0.2, 0.25) is 0 Å². The van der Waals surface area contributed by atoms with Crippen molar-refractivity contribution < 1.29 is 9.13 Å². The van der Waals surface area contributed by atoms with Gasteiger partial charge in [-0.05, 0) is 49.9 Å². The van der Waals surface area contributed by atoms with Gasteiger partial charge in [-0.15, -0.1) is 0 Å². The van der Waals surface area contributed by atoms with Crippen LogP contribution in [0, 0.1) is 5.82 Å². The quantitative estimate of drug-likeness (QED) is 0.836. The molecule has 1 aromatic carbocycles. The number of hydrogen-bond acceptors (Lipinski definition) is 2. The number of nitrogens with one attached hydrogen (secondary N) is 1. The molecule has 2 nitrogen and oxygen atoms in total. The second-order valence-electron chi connectivity index (χ2n) is 4.93. The van der Waals surface area contributed by atoms with E-state index in [1.54, 1.807) is 0 Å². The lowest BCUT2D eigenvalue weighted by Gasteiger charge is -2.22. The van der Waals surface area contributed by atoms with Crippen molar-refractivity contribution >= 4 is 0 Å². The Morgan fingerprint density at radius 2 is 2.17 bits per heavy atom. The summed E-state index contributed by atoms with van der Waals surface area (Å²) in [7, 11) is 0. The minimum atomic E-state index is -0.176. The molecule has 2 rings (SSSR count). The Bertz CT molecular complexity index is 346. The molecule has 1 saturated heterocycles. The van der Waals surface area contributed by atoms with Gasteiger partial charge >= 0.3 is 0 Å². The molecule has 0 aromatic heterocycles. The van der Waals surface area contributed by atoms with Crippen LogP contribution in [-0.4, -0.2) is 19.3 Å². The van der Waals surface area contributed by atoms with Crippen LogP contribution in [-0.2, 0) is 4.74 Å². The zero-order valence-electron chi connectivity index (χ0n) is 11.0. The van der Waals surface area contributed by atoms with Crippen LogP contribution < -0.4 is 5.32 Å². The van der Waals surface area contributed by atoms with Crippen LogP contribution in [0.1, 0.15) is 44.2 Å². The first-order valence-corrected chi connectivity index (χ1v) is 6.90. The zero-order chi connectivity index (χ0) is 12.8. The van der Waals surface area contributed by atoms with E-state index in [1.165, 1.54) is 12.1 Å². The van der Waals surface area contributed by atoms with Crippen LogP contribution >= 0.6 is 0 Å². The lowest BCUT2D eigenvalue weighted by molar-refractivity contribution is 0.0945. The van der Waals surface area contributed by atoms with Gasteiger partial charge in [0.25, 0.3) is 0 Å². The molecule has 0 bridgehead atoms. The molecule has 1 aliphatic rings. The Balaban J connectivity index is 2.00. The maximum absolute atomic E-state index is 13.0. The Labute approximate surface area is 109 Å². The van der Waals surface area contributed by atoms with Gasteiger partial charge in [-0.25, -0.2) is 4.39 Å². The summed E-state index contributed by atoms with van der Waals surface area (Å²) >= 11 is 0. The first kappa shape index (κ1) is 13.5. The highest BCUT2D eigenvalue weighted by atomic mass is 19.1. The van der Waals surface area contributed by atoms with Gasteiger partial charge in [0.1, 0.15) is 5.82 Å². The second-order valence-corrected chi connectivity index (χ2v) is 4.93. The fourth-order valence-corrected chi connectivity index (χ4v) is 2.44. The van der Waals surface area contributed by atoms with E-state index >= 15 is 0 Å². The Morgan fingerprint density at radius 3 is 2.78 bits per heavy atom. The minimum absolute atomic E-state index is 0.176. The van der Waals surface area contributed by atoms with Crippen LogP contribution in [0.15, 0.2) is 24.3 Å². The van der Waals surface area contributed by atoms with Gasteiger partial charge in [0.15, 0.2) is 0 Å². The van der Waals surface area contributed by atoms with Crippen molar-refractivity contribution in [3.8, 4) is 0 Å². The Kier molecular flexibility index (Phi) is 5.14. The van der Waals surface area contributed by atoms with E-state index in [2.05, 4.69) is 12.2 Å². The van der Waals surface area contributed by atoms with Crippen molar-refractivity contribution in [2.24, 2.45) is 0 Å². The summed E-state index contributed by atoms with van der Waals surface area (Å²) in [5.74, 6) is -0.176. The van der Waals surface area contributed by atoms with Crippen molar-refractivity contribution in [3.05, 3.63) is 35.6 Å². The lowest BCUT2D eigenvalue weighted by atomic mass is 9.99. The summed E-state index contributed by atoms with van der Waals surface area (Å²) in [6.07, 6.45) is 4.74. The molecule has 1 N–H and O–H groups in total. The van der Waals surface area contributed by atoms with Crippen LogP contribution in [0.25, 0.3) is 0 Å². The highest BCUT2D eigenvalue weighted by Crippen LogP contribution is 2.25. The van der Waals surface area contributed by atoms with Gasteiger partial charge in [0.2, 0.25) is 0 Å². The molecule has 0 saturated carbocycles. The Morgan fingerprint density at radius 1 is 1.39 bits per heavy atom. The Hall–Kier alpha value is -0.930. The van der Waals surface area contributed by atoms with Crippen LogP contribution in [0.4, 0.5) is 4.39 Å². The number of halogens is 1. The second kappa shape index (κ2) is 6.86. The summed E-state index contributed by atoms with van der Waals surface area (Å²) in [5.41, 5.74) is 1.15. The molecule has 0 amide bonds. The molecule has 0 spiro atoms. The molecule has 100 valence electrons. The molecule has 1 aromatic rings. The number of hydrogen-bond donors (Lipinski definition) is 1. The van der Waals surface area contributed by atoms with E-state index in [4.69, 9.17) is 4.74 Å². The number of benzene rings is 1. The maximum Gasteiger partial charge on any atom is 0.123 e. The fraction of sp³-hybridized carbons (Fsp3) is 0.600. The van der Waals surface area contributed by atoms with Crippen molar-refractivity contribution in [1.29, 1.82) is 0 Å². The van der Waals surface area contributed by atoms with Gasteiger partial charge in [0.05, 0.1) is 6.10 Å². The van der Waals surface area contributed by atoms with E-state index in [0.29, 0.717) is 6.10 Å². The molecule has 1 heterocycles. The predicted molar refractivity (Wildman–Crippen MR) is 71.0 cm³/mol. The van der Waals surface area contributed by atoms with E-state index < -0.39 is 0 Å². The predicted octanol–water partition coefficient (Wildman–Crippen LogP) is 3.44. The van der Waals surface area contributed by atoms with E-state index in [9.17, 15) is 4.39 Å². The third-order valence-electron chi connectivity index (χ3n) is 3.44. The topological polar surface area (TPSA) is 21.3 Å². The largest absolute Gasteiger partial charge is 0.378 e.